The van der Waals surface area contributed by atoms with Crippen LogP contribution in [0.1, 0.15) is 27.2 Å². The molecule has 0 fully saturated rings. The molecular formula is C9H21NO. The normalized spacial score (nSPS) is 14.5. The smallest absolute Gasteiger partial charge is 0.0638 e. The van der Waals surface area contributed by atoms with Crippen LogP contribution in [-0.4, -0.2) is 36.2 Å². The zero-order chi connectivity index (χ0) is 8.85. The Balaban J connectivity index is 3.29. The highest BCUT2D eigenvalue weighted by atomic mass is 16.3. The van der Waals surface area contributed by atoms with Crippen molar-refractivity contribution in [3.05, 3.63) is 0 Å². The molecule has 0 aliphatic heterocycles. The lowest BCUT2D eigenvalue weighted by Crippen LogP contribution is -2.28. The highest BCUT2D eigenvalue weighted by Gasteiger charge is 2.02. The second-order valence-electron chi connectivity index (χ2n) is 3.79. The average Bonchev–Trinajstić information content (AvgIpc) is 1.82. The number of hydrogen-bond acceptors (Lipinski definition) is 2. The van der Waals surface area contributed by atoms with Crippen molar-refractivity contribution in [2.45, 2.75) is 33.3 Å². The molecule has 0 radical (unpaired) electrons. The predicted octanol–water partition coefficient (Wildman–Crippen LogP) is 1.35. The third-order valence-corrected chi connectivity index (χ3v) is 1.66. The molecule has 1 N–H and O–H groups in total. The van der Waals surface area contributed by atoms with Crippen molar-refractivity contribution in [3.8, 4) is 0 Å². The maximum absolute atomic E-state index is 9.05. The highest BCUT2D eigenvalue weighted by molar-refractivity contribution is 4.57. The van der Waals surface area contributed by atoms with Crippen molar-refractivity contribution >= 4 is 0 Å². The van der Waals surface area contributed by atoms with Crippen LogP contribution in [0.2, 0.25) is 0 Å². The van der Waals surface area contributed by atoms with Crippen molar-refractivity contribution in [2.75, 3.05) is 20.1 Å². The number of hydrogen-bond donors (Lipinski definition) is 1. The van der Waals surface area contributed by atoms with E-state index in [1.54, 1.807) is 0 Å². The van der Waals surface area contributed by atoms with E-state index >= 15 is 0 Å². The van der Waals surface area contributed by atoms with E-state index in [4.69, 9.17) is 5.11 Å². The van der Waals surface area contributed by atoms with Gasteiger partial charge in [0.25, 0.3) is 0 Å². The predicted molar refractivity (Wildman–Crippen MR) is 48.6 cm³/mol. The van der Waals surface area contributed by atoms with Crippen LogP contribution < -0.4 is 0 Å². The van der Waals surface area contributed by atoms with Crippen LogP contribution in [0.5, 0.6) is 0 Å². The van der Waals surface area contributed by atoms with Crippen molar-refractivity contribution in [3.63, 3.8) is 0 Å². The minimum atomic E-state index is -0.202. The van der Waals surface area contributed by atoms with Gasteiger partial charge in [-0.15, -0.1) is 0 Å². The van der Waals surface area contributed by atoms with Crippen molar-refractivity contribution in [1.29, 1.82) is 0 Å². The number of aliphatic hydroxyl groups is 1. The van der Waals surface area contributed by atoms with Gasteiger partial charge < -0.3 is 10.0 Å². The summed E-state index contributed by atoms with van der Waals surface area (Å²) < 4.78 is 0. The maximum Gasteiger partial charge on any atom is 0.0638 e. The van der Waals surface area contributed by atoms with Crippen molar-refractivity contribution < 1.29 is 5.11 Å². The fraction of sp³-hybridized carbons (Fsp3) is 1.00. The lowest BCUT2D eigenvalue weighted by atomic mass is 10.1. The summed E-state index contributed by atoms with van der Waals surface area (Å²) in [7, 11) is 2.05. The summed E-state index contributed by atoms with van der Waals surface area (Å²) in [5.74, 6) is 0.756. The highest BCUT2D eigenvalue weighted by Crippen LogP contribution is 2.00. The summed E-state index contributed by atoms with van der Waals surface area (Å²) in [6.07, 6.45) is 1.01. The van der Waals surface area contributed by atoms with Crippen LogP contribution >= 0.6 is 0 Å². The molecule has 0 aromatic heterocycles. The third-order valence-electron chi connectivity index (χ3n) is 1.66. The van der Waals surface area contributed by atoms with Gasteiger partial charge in [-0.1, -0.05) is 13.8 Å². The molecule has 2 nitrogen and oxygen atoms in total. The summed E-state index contributed by atoms with van der Waals surface area (Å²) in [5, 5.41) is 9.05. The minimum Gasteiger partial charge on any atom is -0.392 e. The van der Waals surface area contributed by atoms with Crippen LogP contribution in [0.4, 0.5) is 0 Å². The van der Waals surface area contributed by atoms with E-state index in [-0.39, 0.29) is 6.10 Å². The van der Waals surface area contributed by atoms with Gasteiger partial charge >= 0.3 is 0 Å². The van der Waals surface area contributed by atoms with Gasteiger partial charge in [-0.05, 0) is 32.9 Å². The first-order chi connectivity index (χ1) is 5.02. The van der Waals surface area contributed by atoms with Crippen molar-refractivity contribution in [2.24, 2.45) is 5.92 Å². The largest absolute Gasteiger partial charge is 0.392 e. The first kappa shape index (κ1) is 10.9. The van der Waals surface area contributed by atoms with Crippen LogP contribution in [0.3, 0.4) is 0 Å². The molecule has 11 heavy (non-hydrogen) atoms. The standard InChI is InChI=1S/C9H21NO/c1-8(2)5-6-10(4)7-9(3)11/h8-9,11H,5-7H2,1-4H3/t9-/m1/s1. The van der Waals surface area contributed by atoms with E-state index < -0.39 is 0 Å². The lowest BCUT2D eigenvalue weighted by Gasteiger charge is -2.18. The van der Waals surface area contributed by atoms with E-state index in [1.165, 1.54) is 6.42 Å². The molecule has 0 unspecified atom stereocenters. The van der Waals surface area contributed by atoms with Gasteiger partial charge in [0.05, 0.1) is 6.10 Å². The first-order valence-corrected chi connectivity index (χ1v) is 4.39. The van der Waals surface area contributed by atoms with Gasteiger partial charge in [0.2, 0.25) is 0 Å². The zero-order valence-electron chi connectivity index (χ0n) is 8.17. The molecule has 0 bridgehead atoms. The maximum atomic E-state index is 9.05. The van der Waals surface area contributed by atoms with Gasteiger partial charge in [0.15, 0.2) is 0 Å². The Kier molecular flexibility index (Phi) is 5.51. The second-order valence-corrected chi connectivity index (χ2v) is 3.79. The van der Waals surface area contributed by atoms with Gasteiger partial charge in [0.1, 0.15) is 0 Å². The molecule has 0 aromatic rings. The van der Waals surface area contributed by atoms with E-state index in [9.17, 15) is 0 Å². The quantitative estimate of drug-likeness (QED) is 0.654. The first-order valence-electron chi connectivity index (χ1n) is 4.39. The Morgan fingerprint density at radius 1 is 1.27 bits per heavy atom. The number of nitrogens with zero attached hydrogens (tertiary/aromatic N) is 1. The Bertz CT molecular complexity index is 91.6. The van der Waals surface area contributed by atoms with Gasteiger partial charge in [-0.2, -0.15) is 0 Å². The van der Waals surface area contributed by atoms with E-state index in [0.29, 0.717) is 0 Å². The molecule has 68 valence electrons. The van der Waals surface area contributed by atoms with Gasteiger partial charge in [-0.25, -0.2) is 0 Å². The van der Waals surface area contributed by atoms with Crippen LogP contribution in [-0.2, 0) is 0 Å². The molecule has 2 heteroatoms. The minimum absolute atomic E-state index is 0.202. The molecule has 0 saturated heterocycles. The Labute approximate surface area is 70.2 Å². The topological polar surface area (TPSA) is 23.5 Å². The summed E-state index contributed by atoms with van der Waals surface area (Å²) in [6, 6.07) is 0. The average molecular weight is 159 g/mol. The SMILES string of the molecule is CC(C)CCN(C)C[C@@H](C)O. The number of rotatable bonds is 5. The summed E-state index contributed by atoms with van der Waals surface area (Å²) in [6.45, 7) is 8.13. The molecule has 0 rings (SSSR count). The summed E-state index contributed by atoms with van der Waals surface area (Å²) in [5.41, 5.74) is 0. The molecular weight excluding hydrogens is 138 g/mol. The molecule has 0 amide bonds. The number of likely N-dealkylation sites (N-methyl/N-ethyl adjacent to an activating group) is 1. The molecule has 1 atom stereocenters. The van der Waals surface area contributed by atoms with Gasteiger partial charge in [-0.3, -0.25) is 0 Å². The fourth-order valence-electron chi connectivity index (χ4n) is 1.02. The fourth-order valence-corrected chi connectivity index (χ4v) is 1.02. The van der Waals surface area contributed by atoms with Crippen LogP contribution in [0, 0.1) is 5.92 Å². The van der Waals surface area contributed by atoms with Gasteiger partial charge in [0, 0.05) is 6.54 Å². The molecule has 0 heterocycles. The monoisotopic (exact) mass is 159 g/mol. The van der Waals surface area contributed by atoms with E-state index in [0.717, 1.165) is 19.0 Å². The molecule has 0 aromatic carbocycles. The Hall–Kier alpha value is -0.0800. The molecule has 0 aliphatic carbocycles. The van der Waals surface area contributed by atoms with E-state index in [2.05, 4.69) is 25.8 Å². The van der Waals surface area contributed by atoms with Crippen LogP contribution in [0.15, 0.2) is 0 Å². The lowest BCUT2D eigenvalue weighted by molar-refractivity contribution is 0.138. The summed E-state index contributed by atoms with van der Waals surface area (Å²) >= 11 is 0. The van der Waals surface area contributed by atoms with Crippen molar-refractivity contribution in [1.82, 2.24) is 4.90 Å². The Morgan fingerprint density at radius 3 is 2.18 bits per heavy atom. The summed E-state index contributed by atoms with van der Waals surface area (Å²) in [4.78, 5) is 2.17. The molecule has 0 aliphatic rings. The molecule has 0 spiro atoms. The third kappa shape index (κ3) is 7.82. The second kappa shape index (κ2) is 5.56. The van der Waals surface area contributed by atoms with E-state index in [1.807, 2.05) is 6.92 Å². The zero-order valence-corrected chi connectivity index (χ0v) is 8.17. The van der Waals surface area contributed by atoms with Crippen LogP contribution in [0.25, 0.3) is 0 Å². The number of aliphatic hydroxyl groups excluding tert-OH is 1. The molecule has 0 saturated carbocycles. The Morgan fingerprint density at radius 2 is 1.82 bits per heavy atom.